The zero-order valence-corrected chi connectivity index (χ0v) is 9.71. The minimum absolute atomic E-state index is 0.318. The van der Waals surface area contributed by atoms with Crippen LogP contribution >= 0.6 is 0 Å². The van der Waals surface area contributed by atoms with Gasteiger partial charge in [0.25, 0.3) is 0 Å². The van der Waals surface area contributed by atoms with E-state index in [9.17, 15) is 8.78 Å². The maximum absolute atomic E-state index is 13.1. The standard InChI is InChI=1S/C13H12F2N2O/c1-18-13-7-9(15)3-5-11(13)17-12-6-8(14)2-4-10(12)16/h2-7,17H,16H2,1H3. The molecule has 3 N–H and O–H groups in total. The van der Waals surface area contributed by atoms with E-state index in [0.29, 0.717) is 22.8 Å². The molecule has 0 heterocycles. The summed E-state index contributed by atoms with van der Waals surface area (Å²) in [4.78, 5) is 0. The summed E-state index contributed by atoms with van der Waals surface area (Å²) in [5.74, 6) is -0.504. The second kappa shape index (κ2) is 4.91. The number of nitrogen functional groups attached to an aromatic ring is 1. The Morgan fingerprint density at radius 3 is 2.39 bits per heavy atom. The molecule has 0 saturated carbocycles. The summed E-state index contributed by atoms with van der Waals surface area (Å²) in [5, 5.41) is 2.90. The van der Waals surface area contributed by atoms with Crippen molar-refractivity contribution in [3.05, 3.63) is 48.0 Å². The third kappa shape index (κ3) is 2.51. The van der Waals surface area contributed by atoms with Gasteiger partial charge in [0, 0.05) is 6.07 Å². The number of benzene rings is 2. The van der Waals surface area contributed by atoms with Gasteiger partial charge < -0.3 is 15.8 Å². The van der Waals surface area contributed by atoms with Gasteiger partial charge in [-0.15, -0.1) is 0 Å². The SMILES string of the molecule is COc1cc(F)ccc1Nc1cc(F)ccc1N. The summed E-state index contributed by atoms with van der Waals surface area (Å²) in [5.41, 5.74) is 7.02. The van der Waals surface area contributed by atoms with Crippen LogP contribution in [0.3, 0.4) is 0 Å². The summed E-state index contributed by atoms with van der Waals surface area (Å²) in [6.07, 6.45) is 0. The van der Waals surface area contributed by atoms with Crippen molar-refractivity contribution in [1.29, 1.82) is 0 Å². The monoisotopic (exact) mass is 250 g/mol. The van der Waals surface area contributed by atoms with Gasteiger partial charge in [0.2, 0.25) is 0 Å². The van der Waals surface area contributed by atoms with Gasteiger partial charge in [-0.1, -0.05) is 0 Å². The highest BCUT2D eigenvalue weighted by molar-refractivity contribution is 5.75. The molecule has 0 radical (unpaired) electrons. The molecular formula is C13H12F2N2O. The third-order valence-corrected chi connectivity index (χ3v) is 2.45. The van der Waals surface area contributed by atoms with Crippen molar-refractivity contribution in [3.8, 4) is 5.75 Å². The van der Waals surface area contributed by atoms with Crippen LogP contribution in [0.25, 0.3) is 0 Å². The van der Waals surface area contributed by atoms with E-state index >= 15 is 0 Å². The minimum Gasteiger partial charge on any atom is -0.494 e. The van der Waals surface area contributed by atoms with Crippen molar-refractivity contribution in [2.24, 2.45) is 0 Å². The number of methoxy groups -OCH3 is 1. The summed E-state index contributed by atoms with van der Waals surface area (Å²) in [6, 6.07) is 7.99. The maximum Gasteiger partial charge on any atom is 0.145 e. The number of nitrogens with two attached hydrogens (primary N) is 1. The van der Waals surface area contributed by atoms with Crippen LogP contribution in [0.4, 0.5) is 25.8 Å². The molecule has 0 unspecified atom stereocenters. The predicted octanol–water partition coefficient (Wildman–Crippen LogP) is 3.30. The molecule has 2 rings (SSSR count). The lowest BCUT2D eigenvalue weighted by Crippen LogP contribution is -1.99. The van der Waals surface area contributed by atoms with E-state index in [1.807, 2.05) is 0 Å². The normalized spacial score (nSPS) is 10.2. The highest BCUT2D eigenvalue weighted by Crippen LogP contribution is 2.30. The molecule has 0 fully saturated rings. The Labute approximate surface area is 103 Å². The Morgan fingerprint density at radius 1 is 1.00 bits per heavy atom. The van der Waals surface area contributed by atoms with Gasteiger partial charge in [0.1, 0.15) is 17.4 Å². The minimum atomic E-state index is -0.412. The van der Waals surface area contributed by atoms with E-state index in [2.05, 4.69) is 5.32 Å². The molecule has 0 spiro atoms. The van der Waals surface area contributed by atoms with Gasteiger partial charge >= 0.3 is 0 Å². The number of anilines is 3. The van der Waals surface area contributed by atoms with Gasteiger partial charge in [-0.2, -0.15) is 0 Å². The molecule has 0 aromatic heterocycles. The van der Waals surface area contributed by atoms with Crippen LogP contribution in [0.1, 0.15) is 0 Å². The molecule has 0 aliphatic heterocycles. The van der Waals surface area contributed by atoms with Gasteiger partial charge in [-0.25, -0.2) is 8.78 Å². The van der Waals surface area contributed by atoms with Crippen molar-refractivity contribution < 1.29 is 13.5 Å². The maximum atomic E-state index is 13.1. The first-order valence-corrected chi connectivity index (χ1v) is 5.26. The van der Waals surface area contributed by atoms with E-state index in [0.717, 1.165) is 0 Å². The van der Waals surface area contributed by atoms with Crippen molar-refractivity contribution in [2.45, 2.75) is 0 Å². The van der Waals surface area contributed by atoms with Crippen molar-refractivity contribution in [2.75, 3.05) is 18.2 Å². The zero-order chi connectivity index (χ0) is 13.1. The Morgan fingerprint density at radius 2 is 1.67 bits per heavy atom. The zero-order valence-electron chi connectivity index (χ0n) is 9.71. The summed E-state index contributed by atoms with van der Waals surface area (Å²) in [7, 11) is 1.43. The Bertz CT molecular complexity index is 573. The summed E-state index contributed by atoms with van der Waals surface area (Å²) < 4.78 is 31.2. The third-order valence-electron chi connectivity index (χ3n) is 2.45. The quantitative estimate of drug-likeness (QED) is 0.822. The van der Waals surface area contributed by atoms with Crippen LogP contribution in [-0.4, -0.2) is 7.11 Å². The first-order chi connectivity index (χ1) is 8.60. The van der Waals surface area contributed by atoms with E-state index in [4.69, 9.17) is 10.5 Å². The van der Waals surface area contributed by atoms with Crippen LogP contribution in [-0.2, 0) is 0 Å². The number of rotatable bonds is 3. The molecule has 5 heteroatoms. The molecule has 2 aromatic rings. The van der Waals surface area contributed by atoms with Crippen LogP contribution in [0.2, 0.25) is 0 Å². The molecule has 2 aromatic carbocycles. The van der Waals surface area contributed by atoms with Crippen LogP contribution < -0.4 is 15.8 Å². The fourth-order valence-corrected chi connectivity index (χ4v) is 1.55. The fourth-order valence-electron chi connectivity index (χ4n) is 1.55. The van der Waals surface area contributed by atoms with Gasteiger partial charge in [0.05, 0.1) is 24.2 Å². The van der Waals surface area contributed by atoms with Crippen LogP contribution in [0.5, 0.6) is 5.75 Å². The first-order valence-electron chi connectivity index (χ1n) is 5.26. The number of halogens is 2. The molecule has 0 bridgehead atoms. The number of hydrogen-bond donors (Lipinski definition) is 2. The lowest BCUT2D eigenvalue weighted by molar-refractivity contribution is 0.413. The number of nitrogens with one attached hydrogen (secondary N) is 1. The second-order valence-corrected chi connectivity index (χ2v) is 3.70. The molecule has 0 amide bonds. The Hall–Kier alpha value is -2.30. The second-order valence-electron chi connectivity index (χ2n) is 3.70. The summed E-state index contributed by atoms with van der Waals surface area (Å²) in [6.45, 7) is 0. The predicted molar refractivity (Wildman–Crippen MR) is 67.0 cm³/mol. The van der Waals surface area contributed by atoms with E-state index in [1.165, 1.54) is 43.5 Å². The molecule has 18 heavy (non-hydrogen) atoms. The van der Waals surface area contributed by atoms with Crippen molar-refractivity contribution in [3.63, 3.8) is 0 Å². The average molecular weight is 250 g/mol. The summed E-state index contributed by atoms with van der Waals surface area (Å²) >= 11 is 0. The van der Waals surface area contributed by atoms with E-state index in [1.54, 1.807) is 0 Å². The molecule has 94 valence electrons. The first kappa shape index (κ1) is 12.2. The highest BCUT2D eigenvalue weighted by Gasteiger charge is 2.07. The van der Waals surface area contributed by atoms with Crippen LogP contribution in [0.15, 0.2) is 36.4 Å². The van der Waals surface area contributed by atoms with Crippen LogP contribution in [0, 0.1) is 11.6 Å². The fraction of sp³-hybridized carbons (Fsp3) is 0.0769. The van der Waals surface area contributed by atoms with Crippen molar-refractivity contribution >= 4 is 17.1 Å². The molecule has 0 saturated heterocycles. The lowest BCUT2D eigenvalue weighted by Gasteiger charge is -2.12. The van der Waals surface area contributed by atoms with Gasteiger partial charge in [0.15, 0.2) is 0 Å². The largest absolute Gasteiger partial charge is 0.494 e. The number of hydrogen-bond acceptors (Lipinski definition) is 3. The average Bonchev–Trinajstić information content (AvgIpc) is 2.36. The smallest absolute Gasteiger partial charge is 0.145 e. The number of ether oxygens (including phenoxy) is 1. The molecule has 0 aliphatic carbocycles. The van der Waals surface area contributed by atoms with Crippen molar-refractivity contribution in [1.82, 2.24) is 0 Å². The lowest BCUT2D eigenvalue weighted by atomic mass is 10.2. The highest BCUT2D eigenvalue weighted by atomic mass is 19.1. The Kier molecular flexibility index (Phi) is 3.32. The van der Waals surface area contributed by atoms with E-state index in [-0.39, 0.29) is 0 Å². The molecule has 0 aliphatic rings. The molecule has 3 nitrogen and oxygen atoms in total. The molecular weight excluding hydrogens is 238 g/mol. The Balaban J connectivity index is 2.36. The van der Waals surface area contributed by atoms with Gasteiger partial charge in [-0.05, 0) is 30.3 Å². The topological polar surface area (TPSA) is 47.3 Å². The van der Waals surface area contributed by atoms with E-state index < -0.39 is 11.6 Å². The molecule has 0 atom stereocenters. The van der Waals surface area contributed by atoms with Gasteiger partial charge in [-0.3, -0.25) is 0 Å².